The lowest BCUT2D eigenvalue weighted by molar-refractivity contribution is 0.243. The van der Waals surface area contributed by atoms with Crippen molar-refractivity contribution in [1.82, 2.24) is 20.3 Å². The third-order valence-electron chi connectivity index (χ3n) is 4.47. The van der Waals surface area contributed by atoms with E-state index in [2.05, 4.69) is 36.8 Å². The Kier molecular flexibility index (Phi) is 7.11. The predicted molar refractivity (Wildman–Crippen MR) is 128 cm³/mol. The highest BCUT2D eigenvalue weighted by atomic mass is 16.5. The molecule has 3 rings (SSSR count). The van der Waals surface area contributed by atoms with Crippen molar-refractivity contribution in [3.8, 4) is 29.2 Å². The zero-order chi connectivity index (χ0) is 23.1. The number of benzene rings is 1. The lowest BCUT2D eigenvalue weighted by Crippen LogP contribution is -2.43. The van der Waals surface area contributed by atoms with Crippen molar-refractivity contribution < 1.29 is 9.53 Å². The summed E-state index contributed by atoms with van der Waals surface area (Å²) in [5.74, 6) is 4.11. The largest absolute Gasteiger partial charge is 0.496 e. The number of amides is 2. The van der Waals surface area contributed by atoms with Crippen molar-refractivity contribution in [2.24, 2.45) is 0 Å². The monoisotopic (exact) mass is 432 g/mol. The van der Waals surface area contributed by atoms with Gasteiger partial charge in [-0.25, -0.2) is 14.8 Å². The summed E-state index contributed by atoms with van der Waals surface area (Å²) >= 11 is 0. The number of urea groups is 1. The number of hydrogen-bond donors (Lipinski definition) is 3. The quantitative estimate of drug-likeness (QED) is 0.377. The Balaban J connectivity index is 2.03. The Morgan fingerprint density at radius 1 is 1.19 bits per heavy atom. The van der Waals surface area contributed by atoms with Crippen LogP contribution in [0.4, 0.5) is 16.6 Å². The molecule has 0 bridgehead atoms. The molecule has 0 atom stereocenters. The number of carbonyl (C=O) groups is 1. The standard InChI is InChI=1S/C24H28N6O2/c1-6-7-10-13-25-22-26-15-16-14-18(17-11-8-9-12-19(17)32-5)21(27-20(16)28-22)29-23(31)30-24(2,3)4/h1,8-9,11-12,14-15H,7,10,13H2,2-5H3,(H3,25,26,27,28,29,30,31). The van der Waals surface area contributed by atoms with E-state index in [1.165, 1.54) is 0 Å². The van der Waals surface area contributed by atoms with Gasteiger partial charge in [0.2, 0.25) is 5.95 Å². The van der Waals surface area contributed by atoms with Gasteiger partial charge in [-0.2, -0.15) is 4.98 Å². The summed E-state index contributed by atoms with van der Waals surface area (Å²) in [7, 11) is 1.61. The third-order valence-corrected chi connectivity index (χ3v) is 4.47. The molecule has 0 saturated carbocycles. The zero-order valence-corrected chi connectivity index (χ0v) is 18.8. The van der Waals surface area contributed by atoms with Crippen molar-refractivity contribution in [1.29, 1.82) is 0 Å². The van der Waals surface area contributed by atoms with Crippen molar-refractivity contribution in [2.45, 2.75) is 39.2 Å². The van der Waals surface area contributed by atoms with E-state index in [0.29, 0.717) is 41.7 Å². The lowest BCUT2D eigenvalue weighted by atomic mass is 10.0. The Morgan fingerprint density at radius 3 is 2.69 bits per heavy atom. The van der Waals surface area contributed by atoms with Gasteiger partial charge in [-0.15, -0.1) is 12.3 Å². The predicted octanol–water partition coefficient (Wildman–Crippen LogP) is 4.45. The summed E-state index contributed by atoms with van der Waals surface area (Å²) in [5, 5.41) is 9.65. The average Bonchev–Trinajstić information content (AvgIpc) is 2.75. The van der Waals surface area contributed by atoms with Crippen LogP contribution in [0.15, 0.2) is 36.5 Å². The van der Waals surface area contributed by atoms with Crippen molar-refractivity contribution in [3.05, 3.63) is 36.5 Å². The molecule has 0 aliphatic rings. The van der Waals surface area contributed by atoms with Crippen LogP contribution < -0.4 is 20.7 Å². The second-order valence-corrected chi connectivity index (χ2v) is 8.25. The SMILES string of the molecule is C#CCCCNc1ncc2cc(-c3ccccc3OC)c(NC(=O)NC(C)(C)C)nc2n1. The smallest absolute Gasteiger partial charge is 0.320 e. The third kappa shape index (κ3) is 5.85. The zero-order valence-electron chi connectivity index (χ0n) is 18.8. The number of unbranched alkanes of at least 4 members (excludes halogenated alkanes) is 1. The lowest BCUT2D eigenvalue weighted by Gasteiger charge is -2.21. The second kappa shape index (κ2) is 9.96. The number of methoxy groups -OCH3 is 1. The molecule has 0 aliphatic heterocycles. The molecule has 2 amide bonds. The molecule has 3 aromatic rings. The van der Waals surface area contributed by atoms with E-state index in [1.807, 2.05) is 51.1 Å². The van der Waals surface area contributed by atoms with Gasteiger partial charge in [-0.1, -0.05) is 18.2 Å². The van der Waals surface area contributed by atoms with Crippen LogP contribution in [0.3, 0.4) is 0 Å². The van der Waals surface area contributed by atoms with Gasteiger partial charge < -0.3 is 15.4 Å². The number of aromatic nitrogens is 3. The molecule has 3 N–H and O–H groups in total. The van der Waals surface area contributed by atoms with Crippen LogP contribution in [0.25, 0.3) is 22.2 Å². The number of nitrogens with one attached hydrogen (secondary N) is 3. The van der Waals surface area contributed by atoms with Crippen LogP contribution in [-0.4, -0.2) is 40.2 Å². The van der Waals surface area contributed by atoms with E-state index in [-0.39, 0.29) is 6.03 Å². The molecule has 0 radical (unpaired) electrons. The summed E-state index contributed by atoms with van der Waals surface area (Å²) in [4.78, 5) is 26.1. The number of terminal acetylenes is 1. The normalized spacial score (nSPS) is 11.0. The van der Waals surface area contributed by atoms with Gasteiger partial charge in [0.25, 0.3) is 0 Å². The van der Waals surface area contributed by atoms with Gasteiger partial charge in [0, 0.05) is 41.2 Å². The first-order chi connectivity index (χ1) is 15.3. The summed E-state index contributed by atoms with van der Waals surface area (Å²) in [6.45, 7) is 6.39. The minimum atomic E-state index is -0.400. The Morgan fingerprint density at radius 2 is 1.97 bits per heavy atom. The maximum absolute atomic E-state index is 12.6. The maximum Gasteiger partial charge on any atom is 0.320 e. The molecule has 0 unspecified atom stereocenters. The summed E-state index contributed by atoms with van der Waals surface area (Å²) in [6.07, 6.45) is 8.49. The number of hydrogen-bond acceptors (Lipinski definition) is 6. The highest BCUT2D eigenvalue weighted by Crippen LogP contribution is 2.35. The number of ether oxygens (including phenoxy) is 1. The highest BCUT2D eigenvalue weighted by Gasteiger charge is 2.19. The number of anilines is 2. The molecule has 2 aromatic heterocycles. The molecule has 1 aromatic carbocycles. The van der Waals surface area contributed by atoms with Crippen LogP contribution >= 0.6 is 0 Å². The van der Waals surface area contributed by atoms with Gasteiger partial charge in [0.1, 0.15) is 11.6 Å². The fourth-order valence-electron chi connectivity index (χ4n) is 3.09. The molecule has 0 aliphatic carbocycles. The fraction of sp³-hybridized carbons (Fsp3) is 0.333. The van der Waals surface area contributed by atoms with Gasteiger partial charge in [0.05, 0.1) is 7.11 Å². The molecule has 32 heavy (non-hydrogen) atoms. The van der Waals surface area contributed by atoms with Crippen molar-refractivity contribution >= 4 is 28.8 Å². The first kappa shape index (κ1) is 22.8. The van der Waals surface area contributed by atoms with Gasteiger partial charge in [-0.05, 0) is 39.3 Å². The van der Waals surface area contributed by atoms with Crippen LogP contribution in [0.2, 0.25) is 0 Å². The van der Waals surface area contributed by atoms with E-state index in [9.17, 15) is 4.79 Å². The molecule has 8 heteroatoms. The number of para-hydroxylation sites is 1. The molecular formula is C24H28N6O2. The van der Waals surface area contributed by atoms with E-state index >= 15 is 0 Å². The fourth-order valence-corrected chi connectivity index (χ4v) is 3.09. The molecule has 2 heterocycles. The van der Waals surface area contributed by atoms with Crippen LogP contribution in [0.5, 0.6) is 5.75 Å². The number of nitrogens with zero attached hydrogens (tertiary/aromatic N) is 3. The number of rotatable bonds is 7. The summed E-state index contributed by atoms with van der Waals surface area (Å²) < 4.78 is 5.52. The number of pyridine rings is 1. The van der Waals surface area contributed by atoms with Gasteiger partial charge in [-0.3, -0.25) is 5.32 Å². The van der Waals surface area contributed by atoms with E-state index in [1.54, 1.807) is 13.3 Å². The molecule has 8 nitrogen and oxygen atoms in total. The van der Waals surface area contributed by atoms with E-state index < -0.39 is 5.54 Å². The highest BCUT2D eigenvalue weighted by molar-refractivity contribution is 5.97. The maximum atomic E-state index is 12.6. The first-order valence-corrected chi connectivity index (χ1v) is 10.4. The van der Waals surface area contributed by atoms with Crippen LogP contribution in [0.1, 0.15) is 33.6 Å². The Bertz CT molecular complexity index is 1150. The number of fused-ring (bicyclic) bond motifs is 1. The Labute approximate surface area is 188 Å². The van der Waals surface area contributed by atoms with Crippen LogP contribution in [0, 0.1) is 12.3 Å². The topological polar surface area (TPSA) is 101 Å². The average molecular weight is 433 g/mol. The molecule has 0 saturated heterocycles. The summed E-state index contributed by atoms with van der Waals surface area (Å²) in [6, 6.07) is 9.10. The van der Waals surface area contributed by atoms with Gasteiger partial charge >= 0.3 is 6.03 Å². The number of carbonyl (C=O) groups excluding carboxylic acids is 1. The minimum absolute atomic E-state index is 0.359. The van der Waals surface area contributed by atoms with E-state index in [4.69, 9.17) is 11.2 Å². The Hall–Kier alpha value is -3.86. The first-order valence-electron chi connectivity index (χ1n) is 10.4. The molecule has 0 spiro atoms. The van der Waals surface area contributed by atoms with Crippen molar-refractivity contribution in [3.63, 3.8) is 0 Å². The van der Waals surface area contributed by atoms with E-state index in [0.717, 1.165) is 17.4 Å². The second-order valence-electron chi connectivity index (χ2n) is 8.25. The minimum Gasteiger partial charge on any atom is -0.496 e. The molecular weight excluding hydrogens is 404 g/mol. The summed E-state index contributed by atoms with van der Waals surface area (Å²) in [5.41, 5.74) is 1.57. The van der Waals surface area contributed by atoms with Gasteiger partial charge in [0.15, 0.2) is 5.65 Å². The van der Waals surface area contributed by atoms with Crippen LogP contribution in [-0.2, 0) is 0 Å². The van der Waals surface area contributed by atoms with Crippen molar-refractivity contribution in [2.75, 3.05) is 24.3 Å². The molecule has 0 fully saturated rings. The molecule has 166 valence electrons.